The summed E-state index contributed by atoms with van der Waals surface area (Å²) in [6.45, 7) is 1.13. The third-order valence-corrected chi connectivity index (χ3v) is 5.27. The Morgan fingerprint density at radius 2 is 1.71 bits per heavy atom. The Morgan fingerprint density at radius 1 is 1.00 bits per heavy atom. The van der Waals surface area contributed by atoms with Gasteiger partial charge in [0.2, 0.25) is 5.91 Å². The van der Waals surface area contributed by atoms with Crippen molar-refractivity contribution < 1.29 is 22.7 Å². The topological polar surface area (TPSA) is 42.4 Å². The molecule has 2 heterocycles. The Balaban J connectivity index is 1.45. The highest BCUT2D eigenvalue weighted by atomic mass is 19.1. The molecule has 1 aromatic heterocycles. The number of hydrogen-bond donors (Lipinski definition) is 0. The number of pyridine rings is 1. The number of carbonyl (C=O) groups excluding carboxylic acids is 1. The molecule has 3 aromatic rings. The fourth-order valence-electron chi connectivity index (χ4n) is 3.60. The van der Waals surface area contributed by atoms with Crippen molar-refractivity contribution in [2.24, 2.45) is 0 Å². The predicted octanol–water partition coefficient (Wildman–Crippen LogP) is 4.23. The molecule has 0 aliphatic carbocycles. The molecule has 1 unspecified atom stereocenters. The molecule has 4 nitrogen and oxygen atoms in total. The summed E-state index contributed by atoms with van der Waals surface area (Å²) < 4.78 is 46.8. The van der Waals surface area contributed by atoms with Crippen LogP contribution in [0.4, 0.5) is 13.2 Å². The van der Waals surface area contributed by atoms with E-state index in [4.69, 9.17) is 4.74 Å². The van der Waals surface area contributed by atoms with Crippen LogP contribution in [-0.4, -0.2) is 35.5 Å². The number of carbonyl (C=O) groups is 1. The zero-order chi connectivity index (χ0) is 21.8. The van der Waals surface area contributed by atoms with Gasteiger partial charge in [-0.25, -0.2) is 13.2 Å². The van der Waals surface area contributed by atoms with Gasteiger partial charge in [0.1, 0.15) is 23.6 Å². The van der Waals surface area contributed by atoms with Crippen LogP contribution in [0.25, 0.3) is 0 Å². The maximum atomic E-state index is 14.0. The van der Waals surface area contributed by atoms with Crippen molar-refractivity contribution in [1.82, 2.24) is 9.88 Å². The summed E-state index contributed by atoms with van der Waals surface area (Å²) in [6.07, 6.45) is -0.240. The van der Waals surface area contributed by atoms with Crippen molar-refractivity contribution in [2.75, 3.05) is 19.7 Å². The van der Waals surface area contributed by atoms with Gasteiger partial charge in [-0.05, 0) is 42.0 Å². The van der Waals surface area contributed by atoms with Gasteiger partial charge in [-0.3, -0.25) is 9.78 Å². The van der Waals surface area contributed by atoms with E-state index in [1.165, 1.54) is 30.3 Å². The summed E-state index contributed by atoms with van der Waals surface area (Å²) in [6, 6.07) is 14.9. The smallest absolute Gasteiger partial charge is 0.227 e. The Hall–Kier alpha value is -3.19. The monoisotopic (exact) mass is 426 g/mol. The van der Waals surface area contributed by atoms with Gasteiger partial charge in [-0.2, -0.15) is 0 Å². The molecule has 1 aliphatic heterocycles. The molecule has 4 rings (SSSR count). The van der Waals surface area contributed by atoms with E-state index in [-0.39, 0.29) is 30.1 Å². The number of aromatic nitrogens is 1. The molecule has 1 amide bonds. The third kappa shape index (κ3) is 5.11. The Labute approximate surface area is 178 Å². The highest BCUT2D eigenvalue weighted by Crippen LogP contribution is 2.23. The molecular formula is C24H21F3N2O2. The lowest BCUT2D eigenvalue weighted by atomic mass is 10.1. The van der Waals surface area contributed by atoms with Crippen molar-refractivity contribution in [3.8, 4) is 0 Å². The van der Waals surface area contributed by atoms with Crippen LogP contribution in [0, 0.1) is 17.5 Å². The molecule has 1 fully saturated rings. The first-order valence-corrected chi connectivity index (χ1v) is 10.0. The van der Waals surface area contributed by atoms with Crippen LogP contribution in [0.15, 0.2) is 60.7 Å². The van der Waals surface area contributed by atoms with Gasteiger partial charge >= 0.3 is 0 Å². The molecule has 31 heavy (non-hydrogen) atoms. The molecule has 0 saturated carbocycles. The number of nitrogens with zero attached hydrogens (tertiary/aromatic N) is 2. The molecule has 1 aliphatic rings. The van der Waals surface area contributed by atoms with E-state index in [9.17, 15) is 18.0 Å². The second-order valence-electron chi connectivity index (χ2n) is 7.43. The first-order valence-electron chi connectivity index (χ1n) is 10.0. The maximum Gasteiger partial charge on any atom is 0.227 e. The SMILES string of the molecule is O=C(Cc1ccc(F)cc1)N1CCOC(c2cccc(Cc3c(F)cccc3F)n2)C1. The minimum atomic E-state index is -0.612. The molecule has 160 valence electrons. The van der Waals surface area contributed by atoms with E-state index in [0.29, 0.717) is 31.1 Å². The van der Waals surface area contributed by atoms with E-state index in [1.54, 1.807) is 35.2 Å². The Kier molecular flexibility index (Phi) is 6.32. The van der Waals surface area contributed by atoms with Crippen LogP contribution >= 0.6 is 0 Å². The molecular weight excluding hydrogens is 405 g/mol. The molecule has 7 heteroatoms. The molecule has 0 bridgehead atoms. The summed E-state index contributed by atoms with van der Waals surface area (Å²) in [7, 11) is 0. The second-order valence-corrected chi connectivity index (χ2v) is 7.43. The van der Waals surface area contributed by atoms with E-state index >= 15 is 0 Å². The van der Waals surface area contributed by atoms with Gasteiger partial charge < -0.3 is 9.64 Å². The van der Waals surface area contributed by atoms with Crippen LogP contribution in [0.1, 0.15) is 28.6 Å². The predicted molar refractivity (Wildman–Crippen MR) is 109 cm³/mol. The summed E-state index contributed by atoms with van der Waals surface area (Å²) in [5, 5.41) is 0. The van der Waals surface area contributed by atoms with Crippen molar-refractivity contribution in [3.05, 3.63) is 101 Å². The lowest BCUT2D eigenvalue weighted by Gasteiger charge is -2.33. The molecule has 0 radical (unpaired) electrons. The summed E-state index contributed by atoms with van der Waals surface area (Å²) >= 11 is 0. The maximum absolute atomic E-state index is 14.0. The zero-order valence-electron chi connectivity index (χ0n) is 16.7. The van der Waals surface area contributed by atoms with Crippen molar-refractivity contribution in [1.29, 1.82) is 0 Å². The summed E-state index contributed by atoms with van der Waals surface area (Å²) in [5.41, 5.74) is 1.82. The van der Waals surface area contributed by atoms with Gasteiger partial charge in [0.25, 0.3) is 0 Å². The molecule has 1 atom stereocenters. The standard InChI is InChI=1S/C24H21F3N2O2/c25-17-9-7-16(8-10-17)13-24(30)29-11-12-31-23(15-29)22-6-1-3-18(28-22)14-19-20(26)4-2-5-21(19)27/h1-10,23H,11-15H2. The van der Waals surface area contributed by atoms with E-state index in [0.717, 1.165) is 5.56 Å². The zero-order valence-corrected chi connectivity index (χ0v) is 16.7. The third-order valence-electron chi connectivity index (χ3n) is 5.27. The van der Waals surface area contributed by atoms with Crippen molar-refractivity contribution in [2.45, 2.75) is 18.9 Å². The van der Waals surface area contributed by atoms with Crippen LogP contribution in [-0.2, 0) is 22.4 Å². The van der Waals surface area contributed by atoms with E-state index in [2.05, 4.69) is 4.98 Å². The number of rotatable bonds is 5. The average Bonchev–Trinajstić information content (AvgIpc) is 2.78. The average molecular weight is 426 g/mol. The van der Waals surface area contributed by atoms with Gasteiger partial charge in [0.15, 0.2) is 0 Å². The van der Waals surface area contributed by atoms with Gasteiger partial charge in [0, 0.05) is 24.2 Å². The van der Waals surface area contributed by atoms with Crippen LogP contribution < -0.4 is 0 Å². The lowest BCUT2D eigenvalue weighted by molar-refractivity contribution is -0.138. The highest BCUT2D eigenvalue weighted by molar-refractivity contribution is 5.78. The second kappa shape index (κ2) is 9.31. The number of benzene rings is 2. The molecule has 1 saturated heterocycles. The molecule has 0 spiro atoms. The summed E-state index contributed by atoms with van der Waals surface area (Å²) in [5.74, 6) is -1.65. The minimum Gasteiger partial charge on any atom is -0.368 e. The fraction of sp³-hybridized carbons (Fsp3) is 0.250. The van der Waals surface area contributed by atoms with E-state index < -0.39 is 17.7 Å². The quantitative estimate of drug-likeness (QED) is 0.613. The summed E-state index contributed by atoms with van der Waals surface area (Å²) in [4.78, 5) is 18.9. The first-order chi connectivity index (χ1) is 15.0. The van der Waals surface area contributed by atoms with Gasteiger partial charge in [0.05, 0.1) is 25.3 Å². The number of ether oxygens (including phenoxy) is 1. The number of amides is 1. The highest BCUT2D eigenvalue weighted by Gasteiger charge is 2.26. The normalized spacial score (nSPS) is 16.4. The van der Waals surface area contributed by atoms with Gasteiger partial charge in [-0.15, -0.1) is 0 Å². The first kappa shape index (κ1) is 21.1. The number of morpholine rings is 1. The van der Waals surface area contributed by atoms with Crippen LogP contribution in [0.2, 0.25) is 0 Å². The molecule has 2 aromatic carbocycles. The molecule has 0 N–H and O–H groups in total. The number of hydrogen-bond acceptors (Lipinski definition) is 3. The number of halogens is 3. The van der Waals surface area contributed by atoms with Crippen molar-refractivity contribution in [3.63, 3.8) is 0 Å². The van der Waals surface area contributed by atoms with E-state index in [1.807, 2.05) is 0 Å². The van der Waals surface area contributed by atoms with Gasteiger partial charge in [-0.1, -0.05) is 24.3 Å². The minimum absolute atomic E-state index is 0.0201. The Bertz CT molecular complexity index is 1050. The largest absolute Gasteiger partial charge is 0.368 e. The van der Waals surface area contributed by atoms with Crippen molar-refractivity contribution >= 4 is 5.91 Å². The lowest BCUT2D eigenvalue weighted by Crippen LogP contribution is -2.43. The van der Waals surface area contributed by atoms with Crippen LogP contribution in [0.5, 0.6) is 0 Å². The van der Waals surface area contributed by atoms with Crippen LogP contribution in [0.3, 0.4) is 0 Å². The Morgan fingerprint density at radius 3 is 2.45 bits per heavy atom. The fourth-order valence-corrected chi connectivity index (χ4v) is 3.60.